The standard InChI is InChI=1S/C19H20ClFN4O/c1-12-17(24-19(26)13-5-7-23-18(21)9-13)6-8-25(12)15-4-3-14(11-22-2)16(20)10-15/h3-5,7,9-12,17H,6,8H2,1-2H3,(H,24,26)/t12-,17?/m0/s1. The third-order valence-corrected chi connectivity index (χ3v) is 4.97. The van der Waals surface area contributed by atoms with E-state index >= 15 is 0 Å². The summed E-state index contributed by atoms with van der Waals surface area (Å²) >= 11 is 6.32. The molecule has 0 aliphatic carbocycles. The molecule has 1 saturated heterocycles. The predicted molar refractivity (Wildman–Crippen MR) is 102 cm³/mol. The number of hydrogen-bond acceptors (Lipinski definition) is 4. The second kappa shape index (κ2) is 7.83. The van der Waals surface area contributed by atoms with Gasteiger partial charge < -0.3 is 10.2 Å². The molecule has 2 aromatic rings. The molecule has 3 rings (SSSR count). The van der Waals surface area contributed by atoms with E-state index in [4.69, 9.17) is 11.6 Å². The number of nitrogens with zero attached hydrogens (tertiary/aromatic N) is 3. The van der Waals surface area contributed by atoms with Crippen LogP contribution in [0.25, 0.3) is 0 Å². The third-order valence-electron chi connectivity index (χ3n) is 4.64. The van der Waals surface area contributed by atoms with Crippen LogP contribution in [0.4, 0.5) is 10.1 Å². The zero-order valence-electron chi connectivity index (χ0n) is 14.6. The number of nitrogens with one attached hydrogen (secondary N) is 1. The van der Waals surface area contributed by atoms with Gasteiger partial charge in [-0.2, -0.15) is 4.39 Å². The number of anilines is 1. The van der Waals surface area contributed by atoms with Crippen molar-refractivity contribution in [1.82, 2.24) is 10.3 Å². The van der Waals surface area contributed by atoms with E-state index in [0.717, 1.165) is 30.3 Å². The molecular weight excluding hydrogens is 355 g/mol. The normalized spacial score (nSPS) is 19.9. The molecule has 0 bridgehead atoms. The molecular formula is C19H20ClFN4O. The lowest BCUT2D eigenvalue weighted by Crippen LogP contribution is -2.43. The Hall–Kier alpha value is -2.47. The number of halogens is 2. The number of aromatic nitrogens is 1. The van der Waals surface area contributed by atoms with Gasteiger partial charge in [-0.3, -0.25) is 9.79 Å². The summed E-state index contributed by atoms with van der Waals surface area (Å²) < 4.78 is 13.2. The van der Waals surface area contributed by atoms with Gasteiger partial charge in [-0.15, -0.1) is 0 Å². The summed E-state index contributed by atoms with van der Waals surface area (Å²) in [6.45, 7) is 2.86. The first-order valence-corrected chi connectivity index (χ1v) is 8.78. The van der Waals surface area contributed by atoms with Gasteiger partial charge in [0.2, 0.25) is 5.95 Å². The number of amides is 1. The second-order valence-corrected chi connectivity index (χ2v) is 6.67. The van der Waals surface area contributed by atoms with Crippen LogP contribution in [0, 0.1) is 5.95 Å². The van der Waals surface area contributed by atoms with Gasteiger partial charge in [0.1, 0.15) is 0 Å². The van der Waals surface area contributed by atoms with E-state index in [-0.39, 0.29) is 23.6 Å². The summed E-state index contributed by atoms with van der Waals surface area (Å²) in [7, 11) is 1.70. The summed E-state index contributed by atoms with van der Waals surface area (Å²) in [4.78, 5) is 22.0. The van der Waals surface area contributed by atoms with Crippen LogP contribution in [0.3, 0.4) is 0 Å². The van der Waals surface area contributed by atoms with Gasteiger partial charge in [0, 0.05) is 54.9 Å². The lowest BCUT2D eigenvalue weighted by molar-refractivity contribution is 0.0935. The highest BCUT2D eigenvalue weighted by atomic mass is 35.5. The summed E-state index contributed by atoms with van der Waals surface area (Å²) in [5.41, 5.74) is 2.14. The number of carbonyl (C=O) groups excluding carboxylic acids is 1. The fourth-order valence-electron chi connectivity index (χ4n) is 3.23. The van der Waals surface area contributed by atoms with Crippen LogP contribution in [-0.4, -0.2) is 42.8 Å². The van der Waals surface area contributed by atoms with Crippen LogP contribution in [-0.2, 0) is 0 Å². The van der Waals surface area contributed by atoms with E-state index in [2.05, 4.69) is 27.1 Å². The van der Waals surface area contributed by atoms with Crippen molar-refractivity contribution in [2.45, 2.75) is 25.4 Å². The molecule has 1 aliphatic heterocycles. The minimum atomic E-state index is -0.663. The average Bonchev–Trinajstić information content (AvgIpc) is 2.97. The Balaban J connectivity index is 1.71. The minimum absolute atomic E-state index is 0.0330. The average molecular weight is 375 g/mol. The first-order valence-electron chi connectivity index (χ1n) is 8.40. The highest BCUT2D eigenvalue weighted by Crippen LogP contribution is 2.29. The predicted octanol–water partition coefficient (Wildman–Crippen LogP) is 3.32. The molecule has 1 fully saturated rings. The Morgan fingerprint density at radius 2 is 2.23 bits per heavy atom. The van der Waals surface area contributed by atoms with Crippen molar-refractivity contribution in [3.8, 4) is 0 Å². The molecule has 2 heterocycles. The van der Waals surface area contributed by atoms with Gasteiger partial charge in [-0.1, -0.05) is 11.6 Å². The largest absolute Gasteiger partial charge is 0.367 e. The van der Waals surface area contributed by atoms with Crippen LogP contribution in [0.1, 0.15) is 29.3 Å². The first kappa shape index (κ1) is 18.3. The molecule has 2 atom stereocenters. The van der Waals surface area contributed by atoms with Gasteiger partial charge in [-0.05, 0) is 37.6 Å². The van der Waals surface area contributed by atoms with Crippen LogP contribution in [0.15, 0.2) is 41.5 Å². The maximum absolute atomic E-state index is 13.2. The monoisotopic (exact) mass is 374 g/mol. The Bertz CT molecular complexity index is 842. The number of carbonyl (C=O) groups is 1. The summed E-state index contributed by atoms with van der Waals surface area (Å²) in [5, 5.41) is 3.63. The molecule has 1 amide bonds. The van der Waals surface area contributed by atoms with Crippen molar-refractivity contribution in [2.75, 3.05) is 18.5 Å². The molecule has 26 heavy (non-hydrogen) atoms. The van der Waals surface area contributed by atoms with Crippen LogP contribution < -0.4 is 10.2 Å². The second-order valence-electron chi connectivity index (χ2n) is 6.26. The molecule has 1 aromatic carbocycles. The van der Waals surface area contributed by atoms with E-state index in [9.17, 15) is 9.18 Å². The van der Waals surface area contributed by atoms with Crippen molar-refractivity contribution in [2.24, 2.45) is 4.99 Å². The molecule has 0 saturated carbocycles. The summed E-state index contributed by atoms with van der Waals surface area (Å²) in [6.07, 6.45) is 3.81. The van der Waals surface area contributed by atoms with Crippen LogP contribution >= 0.6 is 11.6 Å². The van der Waals surface area contributed by atoms with Crippen molar-refractivity contribution >= 4 is 29.4 Å². The van der Waals surface area contributed by atoms with Gasteiger partial charge >= 0.3 is 0 Å². The molecule has 0 radical (unpaired) electrons. The quantitative estimate of drug-likeness (QED) is 0.659. The number of aliphatic imine (C=N–C) groups is 1. The maximum Gasteiger partial charge on any atom is 0.251 e. The Kier molecular flexibility index (Phi) is 5.52. The van der Waals surface area contributed by atoms with Crippen LogP contribution in [0.2, 0.25) is 5.02 Å². The van der Waals surface area contributed by atoms with Gasteiger partial charge in [0.25, 0.3) is 5.91 Å². The number of rotatable bonds is 4. The SMILES string of the molecule is CN=Cc1ccc(N2CCC(NC(=O)c3ccnc(F)c3)[C@@H]2C)cc1Cl. The zero-order valence-corrected chi connectivity index (χ0v) is 15.4. The fraction of sp³-hybridized carbons (Fsp3) is 0.316. The highest BCUT2D eigenvalue weighted by Gasteiger charge is 2.32. The lowest BCUT2D eigenvalue weighted by atomic mass is 10.1. The van der Waals surface area contributed by atoms with Crippen molar-refractivity contribution < 1.29 is 9.18 Å². The highest BCUT2D eigenvalue weighted by molar-refractivity contribution is 6.33. The van der Waals surface area contributed by atoms with E-state index in [1.165, 1.54) is 12.3 Å². The molecule has 136 valence electrons. The van der Waals surface area contributed by atoms with Gasteiger partial charge in [0.15, 0.2) is 0 Å². The smallest absolute Gasteiger partial charge is 0.251 e. The van der Waals surface area contributed by atoms with E-state index in [1.807, 2.05) is 18.2 Å². The van der Waals surface area contributed by atoms with Gasteiger partial charge in [-0.25, -0.2) is 4.98 Å². The Morgan fingerprint density at radius 3 is 2.92 bits per heavy atom. The third kappa shape index (κ3) is 3.85. The molecule has 5 nitrogen and oxygen atoms in total. The number of pyridine rings is 1. The molecule has 1 aliphatic rings. The topological polar surface area (TPSA) is 57.6 Å². The van der Waals surface area contributed by atoms with E-state index in [1.54, 1.807) is 13.3 Å². The Labute approximate surface area is 156 Å². The van der Waals surface area contributed by atoms with E-state index in [0.29, 0.717) is 5.02 Å². The molecule has 0 spiro atoms. The van der Waals surface area contributed by atoms with Crippen molar-refractivity contribution in [3.63, 3.8) is 0 Å². The molecule has 1 N–H and O–H groups in total. The number of benzene rings is 1. The molecule has 1 unspecified atom stereocenters. The molecule has 7 heteroatoms. The fourth-order valence-corrected chi connectivity index (χ4v) is 3.45. The number of hydrogen-bond donors (Lipinski definition) is 1. The van der Waals surface area contributed by atoms with Gasteiger partial charge in [0.05, 0.1) is 11.1 Å². The molecule has 1 aromatic heterocycles. The first-order chi connectivity index (χ1) is 12.5. The van der Waals surface area contributed by atoms with Crippen molar-refractivity contribution in [1.29, 1.82) is 0 Å². The minimum Gasteiger partial charge on any atom is -0.367 e. The van der Waals surface area contributed by atoms with Crippen LogP contribution in [0.5, 0.6) is 0 Å². The zero-order chi connectivity index (χ0) is 18.7. The Morgan fingerprint density at radius 1 is 1.42 bits per heavy atom. The van der Waals surface area contributed by atoms with E-state index < -0.39 is 5.95 Å². The summed E-state index contributed by atoms with van der Waals surface area (Å²) in [5.74, 6) is -0.957. The summed E-state index contributed by atoms with van der Waals surface area (Å²) in [6, 6.07) is 8.55. The maximum atomic E-state index is 13.2. The lowest BCUT2D eigenvalue weighted by Gasteiger charge is -2.27. The van der Waals surface area contributed by atoms with Crippen molar-refractivity contribution in [3.05, 3.63) is 58.6 Å².